The summed E-state index contributed by atoms with van der Waals surface area (Å²) in [4.78, 5) is 8.88. The number of nitrogens with zero attached hydrogens (tertiary/aromatic N) is 3. The van der Waals surface area contributed by atoms with E-state index in [2.05, 4.69) is 24.1 Å². The standard InChI is InChI=1S/C12H9N3OSe2/c1-16-9-4-2-8(3-5-9)12-13-10(6-17-12)11-7-18-15-14-11/h2-7H,1H3. The van der Waals surface area contributed by atoms with Crippen LogP contribution in [0.5, 0.6) is 5.75 Å². The Kier molecular flexibility index (Phi) is 3.43. The number of hydrogen-bond acceptors (Lipinski definition) is 4. The SMILES string of the molecule is COc1ccc(-c2nc(-c3c[se]nn3)c[se]2)cc1. The molecule has 1 aromatic carbocycles. The summed E-state index contributed by atoms with van der Waals surface area (Å²) in [6, 6.07) is 8.02. The zero-order valence-electron chi connectivity index (χ0n) is 9.53. The Hall–Kier alpha value is -1.19. The van der Waals surface area contributed by atoms with Gasteiger partial charge in [0.1, 0.15) is 0 Å². The minimum absolute atomic E-state index is 0.168. The molecule has 0 saturated carbocycles. The van der Waals surface area contributed by atoms with Crippen molar-refractivity contribution in [3.05, 3.63) is 34.1 Å². The molecule has 0 saturated heterocycles. The molecule has 4 nitrogen and oxygen atoms in total. The van der Waals surface area contributed by atoms with E-state index in [1.807, 2.05) is 24.3 Å². The van der Waals surface area contributed by atoms with Crippen LogP contribution in [0.15, 0.2) is 34.1 Å². The quantitative estimate of drug-likeness (QED) is 0.654. The molecule has 0 atom stereocenters. The van der Waals surface area contributed by atoms with Crippen molar-refractivity contribution in [1.82, 2.24) is 14.2 Å². The van der Waals surface area contributed by atoms with Gasteiger partial charge in [-0.2, -0.15) is 0 Å². The topological polar surface area (TPSA) is 47.9 Å². The van der Waals surface area contributed by atoms with Crippen LogP contribution in [0.4, 0.5) is 0 Å². The van der Waals surface area contributed by atoms with E-state index in [1.54, 1.807) is 7.11 Å². The molecule has 2 aromatic heterocycles. The van der Waals surface area contributed by atoms with Crippen LogP contribution in [0.3, 0.4) is 0 Å². The van der Waals surface area contributed by atoms with Crippen molar-refractivity contribution in [2.75, 3.05) is 7.11 Å². The molecule has 0 aliphatic heterocycles. The molecule has 3 aromatic rings. The molecule has 0 unspecified atom stereocenters. The van der Waals surface area contributed by atoms with Crippen LogP contribution in [0.2, 0.25) is 0 Å². The molecule has 0 fully saturated rings. The normalized spacial score (nSPS) is 10.5. The maximum absolute atomic E-state index is 5.15. The van der Waals surface area contributed by atoms with Gasteiger partial charge in [0.15, 0.2) is 0 Å². The number of rotatable bonds is 3. The van der Waals surface area contributed by atoms with Crippen LogP contribution in [-0.2, 0) is 0 Å². The van der Waals surface area contributed by atoms with Crippen LogP contribution in [0.25, 0.3) is 21.5 Å². The molecule has 0 aliphatic carbocycles. The molecule has 6 heteroatoms. The number of methoxy groups -OCH3 is 1. The molecule has 3 rings (SSSR count). The maximum atomic E-state index is 5.15. The van der Waals surface area contributed by atoms with E-state index in [9.17, 15) is 0 Å². The van der Waals surface area contributed by atoms with Crippen LogP contribution in [0.1, 0.15) is 0 Å². The Morgan fingerprint density at radius 2 is 1.89 bits per heavy atom. The second-order valence-electron chi connectivity index (χ2n) is 3.56. The van der Waals surface area contributed by atoms with Gasteiger partial charge in [0.05, 0.1) is 0 Å². The molecule has 0 radical (unpaired) electrons. The molecule has 0 N–H and O–H groups in total. The predicted octanol–water partition coefficient (Wildman–Crippen LogP) is 1.33. The molecule has 2 heterocycles. The summed E-state index contributed by atoms with van der Waals surface area (Å²) < 4.78 is 10.3. The molecule has 0 spiro atoms. The van der Waals surface area contributed by atoms with Crippen LogP contribution < -0.4 is 4.74 Å². The van der Waals surface area contributed by atoms with Crippen LogP contribution in [-0.4, -0.2) is 50.5 Å². The summed E-state index contributed by atoms with van der Waals surface area (Å²) in [5.41, 5.74) is 3.06. The summed E-state index contributed by atoms with van der Waals surface area (Å²) in [6.45, 7) is 0. The van der Waals surface area contributed by atoms with Gasteiger partial charge in [0.2, 0.25) is 0 Å². The number of hydrogen-bond donors (Lipinski definition) is 0. The Morgan fingerprint density at radius 3 is 2.56 bits per heavy atom. The fourth-order valence-corrected chi connectivity index (χ4v) is 4.20. The molecular weight excluding hydrogens is 360 g/mol. The third-order valence-electron chi connectivity index (χ3n) is 2.46. The van der Waals surface area contributed by atoms with Crippen molar-refractivity contribution in [3.8, 4) is 27.3 Å². The first-order chi connectivity index (χ1) is 8.86. The van der Waals surface area contributed by atoms with Gasteiger partial charge in [-0.15, -0.1) is 0 Å². The van der Waals surface area contributed by atoms with Crippen molar-refractivity contribution in [1.29, 1.82) is 0 Å². The van der Waals surface area contributed by atoms with Crippen molar-refractivity contribution < 1.29 is 4.74 Å². The van der Waals surface area contributed by atoms with Crippen molar-refractivity contribution in [2.45, 2.75) is 0 Å². The zero-order chi connectivity index (χ0) is 12.4. The molecule has 90 valence electrons. The van der Waals surface area contributed by atoms with Crippen LogP contribution >= 0.6 is 0 Å². The fourth-order valence-electron chi connectivity index (χ4n) is 1.53. The molecule has 0 aliphatic rings. The molecule has 0 amide bonds. The first kappa shape index (κ1) is 11.9. The average Bonchev–Trinajstić information content (AvgIpc) is 3.09. The minimum atomic E-state index is 0.168. The van der Waals surface area contributed by atoms with Gasteiger partial charge in [-0.05, 0) is 0 Å². The molecule has 0 bridgehead atoms. The average molecular weight is 369 g/mol. The fraction of sp³-hybridized carbons (Fsp3) is 0.0833. The summed E-state index contributed by atoms with van der Waals surface area (Å²) in [5.74, 6) is 0.869. The van der Waals surface area contributed by atoms with Gasteiger partial charge in [0.25, 0.3) is 0 Å². The van der Waals surface area contributed by atoms with Gasteiger partial charge < -0.3 is 0 Å². The van der Waals surface area contributed by atoms with E-state index in [0.717, 1.165) is 27.3 Å². The summed E-state index contributed by atoms with van der Waals surface area (Å²) >= 11 is 0.442. The zero-order valence-corrected chi connectivity index (χ0v) is 13.0. The summed E-state index contributed by atoms with van der Waals surface area (Å²) in [7, 11) is 1.67. The van der Waals surface area contributed by atoms with Crippen molar-refractivity contribution in [3.63, 3.8) is 0 Å². The number of benzene rings is 1. The van der Waals surface area contributed by atoms with E-state index in [-0.39, 0.29) is 29.2 Å². The van der Waals surface area contributed by atoms with Gasteiger partial charge >= 0.3 is 117 Å². The third-order valence-corrected chi connectivity index (χ3v) is 5.39. The number of aromatic nitrogens is 3. The Bertz CT molecular complexity index is 632. The molecule has 18 heavy (non-hydrogen) atoms. The first-order valence-corrected chi connectivity index (χ1v) is 8.84. The van der Waals surface area contributed by atoms with Gasteiger partial charge in [-0.25, -0.2) is 0 Å². The van der Waals surface area contributed by atoms with E-state index in [4.69, 9.17) is 4.74 Å². The van der Waals surface area contributed by atoms with Gasteiger partial charge in [0, 0.05) is 0 Å². The Labute approximate surface area is 116 Å². The van der Waals surface area contributed by atoms with E-state index in [0.29, 0.717) is 0 Å². The first-order valence-electron chi connectivity index (χ1n) is 5.24. The summed E-state index contributed by atoms with van der Waals surface area (Å²) in [6.07, 6.45) is 0. The predicted molar refractivity (Wildman–Crippen MR) is 71.1 cm³/mol. The van der Waals surface area contributed by atoms with E-state index >= 15 is 0 Å². The Morgan fingerprint density at radius 1 is 1.06 bits per heavy atom. The second-order valence-corrected chi connectivity index (χ2v) is 6.64. The third kappa shape index (κ3) is 2.33. The second kappa shape index (κ2) is 5.20. The van der Waals surface area contributed by atoms with Gasteiger partial charge in [-0.1, -0.05) is 0 Å². The molecular formula is C12H9N3OSe2. The van der Waals surface area contributed by atoms with Crippen molar-refractivity contribution >= 4 is 29.2 Å². The van der Waals surface area contributed by atoms with Gasteiger partial charge in [-0.3, -0.25) is 0 Å². The number of ether oxygens (including phenoxy) is 1. The van der Waals surface area contributed by atoms with E-state index in [1.165, 1.54) is 0 Å². The van der Waals surface area contributed by atoms with E-state index < -0.39 is 0 Å². The Balaban J connectivity index is 1.92. The monoisotopic (exact) mass is 371 g/mol. The summed E-state index contributed by atoms with van der Waals surface area (Å²) in [5, 5.41) is 4.10. The van der Waals surface area contributed by atoms with Crippen molar-refractivity contribution in [2.24, 2.45) is 0 Å². The van der Waals surface area contributed by atoms with Crippen LogP contribution in [0, 0.1) is 0 Å².